The Hall–Kier alpha value is -6.27. The summed E-state index contributed by atoms with van der Waals surface area (Å²) in [6, 6.07) is 31.3. The minimum Gasteiger partial charge on any atom is -0.507 e. The second kappa shape index (κ2) is 13.7. The standard InChI is InChI=1S/C38H36N8O4/c1-24(49-34-22-30(43-45-37(34)40)27-11-5-7-13-32(27)47)25-15-16-35(41-23-25)50-33-14-8-6-12-28(33)29-21-31(36(39)44-42-29)46-19-17-38(48,18-20-46)26-9-3-2-4-10-26/h2-16,21-24,47-48H,17-20H2,1H3,(H2,39,44)(H2,40,45)/t24-/m0/s1. The minimum absolute atomic E-state index is 0.0792. The summed E-state index contributed by atoms with van der Waals surface area (Å²) < 4.78 is 12.4. The fourth-order valence-corrected chi connectivity index (χ4v) is 6.06. The third-order valence-corrected chi connectivity index (χ3v) is 8.92. The minimum atomic E-state index is -0.886. The van der Waals surface area contributed by atoms with Crippen molar-refractivity contribution in [3.63, 3.8) is 0 Å². The average Bonchev–Trinajstić information content (AvgIpc) is 3.14. The number of anilines is 3. The number of hydrogen-bond donors (Lipinski definition) is 4. The topological polar surface area (TPSA) is 179 Å². The lowest BCUT2D eigenvalue weighted by Gasteiger charge is -2.39. The van der Waals surface area contributed by atoms with Crippen molar-refractivity contribution in [2.24, 2.45) is 0 Å². The summed E-state index contributed by atoms with van der Waals surface area (Å²) in [5, 5.41) is 38.4. The molecule has 3 aromatic heterocycles. The molecule has 6 aromatic rings. The Kier molecular flexibility index (Phi) is 8.84. The molecule has 1 fully saturated rings. The van der Waals surface area contributed by atoms with Crippen molar-refractivity contribution in [1.29, 1.82) is 0 Å². The molecule has 1 aliphatic heterocycles. The van der Waals surface area contributed by atoms with Crippen molar-refractivity contribution >= 4 is 17.3 Å². The predicted octanol–water partition coefficient (Wildman–Crippen LogP) is 6.29. The number of aliphatic hydroxyl groups is 1. The molecule has 12 nitrogen and oxygen atoms in total. The molecule has 0 saturated carbocycles. The molecular formula is C38H36N8O4. The van der Waals surface area contributed by atoms with Crippen LogP contribution in [-0.4, -0.2) is 48.7 Å². The predicted molar refractivity (Wildman–Crippen MR) is 191 cm³/mol. The average molecular weight is 669 g/mol. The zero-order valence-corrected chi connectivity index (χ0v) is 27.3. The molecule has 0 aliphatic carbocycles. The summed E-state index contributed by atoms with van der Waals surface area (Å²) in [6.45, 7) is 3.09. The monoisotopic (exact) mass is 668 g/mol. The number of benzene rings is 3. The Morgan fingerprint density at radius 2 is 1.40 bits per heavy atom. The van der Waals surface area contributed by atoms with Gasteiger partial charge in [-0.2, -0.15) is 0 Å². The fraction of sp³-hybridized carbons (Fsp3) is 0.184. The first-order valence-electron chi connectivity index (χ1n) is 16.2. The lowest BCUT2D eigenvalue weighted by atomic mass is 9.84. The van der Waals surface area contributed by atoms with E-state index >= 15 is 0 Å². The zero-order valence-electron chi connectivity index (χ0n) is 27.3. The number of para-hydroxylation sites is 2. The van der Waals surface area contributed by atoms with Crippen molar-refractivity contribution < 1.29 is 19.7 Å². The maximum atomic E-state index is 11.3. The van der Waals surface area contributed by atoms with Gasteiger partial charge in [0.2, 0.25) is 5.88 Å². The molecule has 50 heavy (non-hydrogen) atoms. The van der Waals surface area contributed by atoms with Crippen molar-refractivity contribution in [2.75, 3.05) is 29.5 Å². The normalized spacial score (nSPS) is 14.6. The molecular weight excluding hydrogens is 632 g/mol. The molecule has 12 heteroatoms. The van der Waals surface area contributed by atoms with Gasteiger partial charge in [-0.1, -0.05) is 54.6 Å². The van der Waals surface area contributed by atoms with Crippen LogP contribution in [0.5, 0.6) is 23.1 Å². The number of nitrogens with two attached hydrogens (primary N) is 2. The van der Waals surface area contributed by atoms with E-state index in [-0.39, 0.29) is 11.6 Å². The van der Waals surface area contributed by atoms with Crippen LogP contribution in [0.25, 0.3) is 22.5 Å². The first-order chi connectivity index (χ1) is 24.3. The molecule has 1 saturated heterocycles. The molecule has 0 spiro atoms. The van der Waals surface area contributed by atoms with Crippen molar-refractivity contribution in [1.82, 2.24) is 25.4 Å². The van der Waals surface area contributed by atoms with Crippen molar-refractivity contribution in [3.05, 3.63) is 120 Å². The van der Waals surface area contributed by atoms with Crippen molar-refractivity contribution in [2.45, 2.75) is 31.5 Å². The summed E-state index contributed by atoms with van der Waals surface area (Å²) in [4.78, 5) is 6.67. The van der Waals surface area contributed by atoms with E-state index in [1.54, 1.807) is 42.6 Å². The van der Waals surface area contributed by atoms with Gasteiger partial charge >= 0.3 is 0 Å². The maximum Gasteiger partial charge on any atom is 0.219 e. The van der Waals surface area contributed by atoms with E-state index in [1.165, 1.54) is 0 Å². The van der Waals surface area contributed by atoms with Gasteiger partial charge < -0.3 is 36.1 Å². The number of nitrogens with zero attached hydrogens (tertiary/aromatic N) is 6. The van der Waals surface area contributed by atoms with Crippen LogP contribution in [0.2, 0.25) is 0 Å². The van der Waals surface area contributed by atoms with Crippen LogP contribution in [0.15, 0.2) is 109 Å². The number of pyridine rings is 1. The van der Waals surface area contributed by atoms with Crippen molar-refractivity contribution in [3.8, 4) is 45.6 Å². The number of ether oxygens (including phenoxy) is 2. The van der Waals surface area contributed by atoms with Crippen LogP contribution < -0.4 is 25.8 Å². The van der Waals surface area contributed by atoms with Crippen LogP contribution in [0.3, 0.4) is 0 Å². The molecule has 0 bridgehead atoms. The number of nitrogen functional groups attached to an aromatic ring is 2. The quantitative estimate of drug-likeness (QED) is 0.136. The van der Waals surface area contributed by atoms with E-state index in [0.29, 0.717) is 66.1 Å². The maximum absolute atomic E-state index is 11.3. The van der Waals surface area contributed by atoms with Crippen LogP contribution in [-0.2, 0) is 5.60 Å². The largest absolute Gasteiger partial charge is 0.507 e. The third kappa shape index (κ3) is 6.69. The summed E-state index contributed by atoms with van der Waals surface area (Å²) in [6.07, 6.45) is 2.36. The molecule has 252 valence electrons. The zero-order chi connectivity index (χ0) is 34.7. The van der Waals surface area contributed by atoms with Gasteiger partial charge in [0, 0.05) is 48.1 Å². The molecule has 1 aliphatic rings. The highest BCUT2D eigenvalue weighted by atomic mass is 16.5. The van der Waals surface area contributed by atoms with Gasteiger partial charge in [-0.3, -0.25) is 0 Å². The summed E-state index contributed by atoms with van der Waals surface area (Å²) in [5.74, 6) is 1.79. The van der Waals surface area contributed by atoms with E-state index in [2.05, 4.69) is 30.3 Å². The Bertz CT molecular complexity index is 2110. The smallest absolute Gasteiger partial charge is 0.219 e. The Balaban J connectivity index is 1.05. The molecule has 6 N–H and O–H groups in total. The highest BCUT2D eigenvalue weighted by molar-refractivity contribution is 5.74. The number of hydrogen-bond acceptors (Lipinski definition) is 12. The van der Waals surface area contributed by atoms with Gasteiger partial charge in [-0.25, -0.2) is 4.98 Å². The molecule has 0 amide bonds. The number of piperidine rings is 1. The second-order valence-corrected chi connectivity index (χ2v) is 12.2. The highest BCUT2D eigenvalue weighted by Crippen LogP contribution is 2.39. The SMILES string of the molecule is C[C@H](Oc1cc(-c2ccccc2O)nnc1N)c1ccc(Oc2ccccc2-c2cc(N3CCC(O)(c4ccccc4)CC3)c(N)nn2)nc1. The Morgan fingerprint density at radius 3 is 2.12 bits per heavy atom. The second-order valence-electron chi connectivity index (χ2n) is 12.2. The molecule has 3 aromatic carbocycles. The van der Waals surface area contributed by atoms with Crippen LogP contribution in [0.4, 0.5) is 17.3 Å². The first-order valence-corrected chi connectivity index (χ1v) is 16.2. The molecule has 7 rings (SSSR count). The van der Waals surface area contributed by atoms with Gasteiger partial charge in [0.1, 0.15) is 23.3 Å². The summed E-state index contributed by atoms with van der Waals surface area (Å²) in [5.41, 5.74) is 16.2. The summed E-state index contributed by atoms with van der Waals surface area (Å²) in [7, 11) is 0. The van der Waals surface area contributed by atoms with E-state index in [1.807, 2.05) is 73.7 Å². The first kappa shape index (κ1) is 32.3. The number of phenols is 1. The number of phenolic OH excluding ortho intramolecular Hbond substituents is 1. The number of rotatable bonds is 9. The molecule has 1 atom stereocenters. The number of aromatic hydroxyl groups is 1. The summed E-state index contributed by atoms with van der Waals surface area (Å²) >= 11 is 0. The van der Waals surface area contributed by atoms with E-state index in [0.717, 1.165) is 22.4 Å². The lowest BCUT2D eigenvalue weighted by Crippen LogP contribution is -2.43. The Labute approximate surface area is 289 Å². The lowest BCUT2D eigenvalue weighted by molar-refractivity contribution is 0.0118. The van der Waals surface area contributed by atoms with Crippen LogP contribution >= 0.6 is 0 Å². The Morgan fingerprint density at radius 1 is 0.740 bits per heavy atom. The molecule has 4 heterocycles. The van der Waals surface area contributed by atoms with Gasteiger partial charge in [0.05, 0.1) is 17.0 Å². The van der Waals surface area contributed by atoms with Crippen LogP contribution in [0, 0.1) is 0 Å². The van der Waals surface area contributed by atoms with Gasteiger partial charge in [0.25, 0.3) is 0 Å². The fourth-order valence-electron chi connectivity index (χ4n) is 6.06. The molecule has 0 unspecified atom stereocenters. The van der Waals surface area contributed by atoms with E-state index < -0.39 is 11.7 Å². The van der Waals surface area contributed by atoms with Gasteiger partial charge in [-0.05, 0) is 61.7 Å². The van der Waals surface area contributed by atoms with E-state index in [9.17, 15) is 10.2 Å². The highest BCUT2D eigenvalue weighted by Gasteiger charge is 2.34. The van der Waals surface area contributed by atoms with Gasteiger partial charge in [-0.15, -0.1) is 20.4 Å². The molecule has 0 radical (unpaired) electrons. The number of aromatic nitrogens is 5. The third-order valence-electron chi connectivity index (χ3n) is 8.92. The van der Waals surface area contributed by atoms with Gasteiger partial charge in [0.15, 0.2) is 17.4 Å². The van der Waals surface area contributed by atoms with E-state index in [4.69, 9.17) is 20.9 Å². The van der Waals surface area contributed by atoms with Crippen LogP contribution in [0.1, 0.15) is 37.0 Å².